The van der Waals surface area contributed by atoms with Gasteiger partial charge in [-0.05, 0) is 49.4 Å². The van der Waals surface area contributed by atoms with Crippen molar-refractivity contribution < 1.29 is 9.13 Å². The molecule has 2 unspecified atom stereocenters. The molecule has 1 aliphatic carbocycles. The summed E-state index contributed by atoms with van der Waals surface area (Å²) in [7, 11) is 1.58. The molecular formula is C17H26FNO. The predicted molar refractivity (Wildman–Crippen MR) is 80.8 cm³/mol. The Morgan fingerprint density at radius 2 is 2.05 bits per heavy atom. The Labute approximate surface area is 121 Å². The van der Waals surface area contributed by atoms with Gasteiger partial charge in [-0.3, -0.25) is 0 Å². The molecule has 0 saturated heterocycles. The number of nitrogens with one attached hydrogen (secondary N) is 1. The monoisotopic (exact) mass is 279 g/mol. The Morgan fingerprint density at radius 3 is 2.75 bits per heavy atom. The van der Waals surface area contributed by atoms with Gasteiger partial charge >= 0.3 is 0 Å². The van der Waals surface area contributed by atoms with E-state index in [1.54, 1.807) is 7.11 Å². The minimum atomic E-state index is -0.113. The molecule has 3 heteroatoms. The van der Waals surface area contributed by atoms with Crippen molar-refractivity contribution in [3.05, 3.63) is 29.6 Å². The van der Waals surface area contributed by atoms with E-state index in [1.165, 1.54) is 31.7 Å². The van der Waals surface area contributed by atoms with Crippen LogP contribution in [-0.2, 0) is 0 Å². The van der Waals surface area contributed by atoms with Crippen LogP contribution in [0.15, 0.2) is 18.2 Å². The van der Waals surface area contributed by atoms with E-state index in [-0.39, 0.29) is 5.82 Å². The fourth-order valence-electron chi connectivity index (χ4n) is 3.30. The topological polar surface area (TPSA) is 21.3 Å². The number of hydrogen-bond acceptors (Lipinski definition) is 2. The van der Waals surface area contributed by atoms with Crippen molar-refractivity contribution in [1.29, 1.82) is 0 Å². The van der Waals surface area contributed by atoms with Crippen molar-refractivity contribution in [3.8, 4) is 5.75 Å². The van der Waals surface area contributed by atoms with E-state index >= 15 is 0 Å². The fourth-order valence-corrected chi connectivity index (χ4v) is 3.30. The molecule has 0 amide bonds. The van der Waals surface area contributed by atoms with Crippen LogP contribution in [0.5, 0.6) is 5.75 Å². The molecule has 0 bridgehead atoms. The molecule has 0 spiro atoms. The van der Waals surface area contributed by atoms with E-state index in [4.69, 9.17) is 4.74 Å². The number of halogens is 1. The maximum Gasteiger partial charge on any atom is 0.130 e. The number of rotatable bonds is 5. The highest BCUT2D eigenvalue weighted by atomic mass is 19.1. The first-order valence-corrected chi connectivity index (χ1v) is 7.80. The van der Waals surface area contributed by atoms with Crippen LogP contribution >= 0.6 is 0 Å². The van der Waals surface area contributed by atoms with Gasteiger partial charge in [0, 0.05) is 6.07 Å². The van der Waals surface area contributed by atoms with E-state index in [9.17, 15) is 4.39 Å². The lowest BCUT2D eigenvalue weighted by atomic mass is 9.82. The quantitative estimate of drug-likeness (QED) is 0.819. The minimum Gasteiger partial charge on any atom is -0.497 e. The van der Waals surface area contributed by atoms with E-state index in [1.807, 2.05) is 12.1 Å². The van der Waals surface area contributed by atoms with Crippen LogP contribution in [0, 0.1) is 11.7 Å². The second kappa shape index (κ2) is 7.63. The Kier molecular flexibility index (Phi) is 5.84. The predicted octanol–water partition coefficient (Wildman–Crippen LogP) is 4.11. The van der Waals surface area contributed by atoms with E-state index < -0.39 is 0 Å². The first kappa shape index (κ1) is 15.3. The highest BCUT2D eigenvalue weighted by Crippen LogP contribution is 2.38. The molecule has 20 heavy (non-hydrogen) atoms. The van der Waals surface area contributed by atoms with Crippen molar-refractivity contribution in [1.82, 2.24) is 5.32 Å². The summed E-state index contributed by atoms with van der Waals surface area (Å²) in [6, 6.07) is 5.32. The van der Waals surface area contributed by atoms with E-state index in [0.717, 1.165) is 25.1 Å². The summed E-state index contributed by atoms with van der Waals surface area (Å²) in [5, 5.41) is 3.44. The van der Waals surface area contributed by atoms with Gasteiger partial charge in [0.25, 0.3) is 0 Å². The Morgan fingerprint density at radius 1 is 1.25 bits per heavy atom. The van der Waals surface area contributed by atoms with Gasteiger partial charge in [-0.1, -0.05) is 32.3 Å². The van der Waals surface area contributed by atoms with E-state index in [0.29, 0.717) is 17.6 Å². The maximum atomic E-state index is 14.3. The van der Waals surface area contributed by atoms with Gasteiger partial charge in [-0.15, -0.1) is 0 Å². The summed E-state index contributed by atoms with van der Waals surface area (Å²) >= 11 is 0. The summed E-state index contributed by atoms with van der Waals surface area (Å²) in [5.74, 6) is 1.36. The average molecular weight is 279 g/mol. The molecule has 0 heterocycles. The number of ether oxygens (including phenoxy) is 1. The molecular weight excluding hydrogens is 253 g/mol. The number of hydrogen-bond donors (Lipinski definition) is 1. The summed E-state index contributed by atoms with van der Waals surface area (Å²) in [6.07, 6.45) is 6.04. The molecule has 112 valence electrons. The third-order valence-electron chi connectivity index (χ3n) is 4.42. The smallest absolute Gasteiger partial charge is 0.130 e. The highest BCUT2D eigenvalue weighted by Gasteiger charge is 2.27. The Balaban J connectivity index is 2.20. The summed E-state index contributed by atoms with van der Waals surface area (Å²) < 4.78 is 19.5. The first-order valence-electron chi connectivity index (χ1n) is 7.80. The lowest BCUT2D eigenvalue weighted by Gasteiger charge is -2.26. The van der Waals surface area contributed by atoms with Crippen LogP contribution in [0.1, 0.15) is 50.5 Å². The molecule has 1 aromatic rings. The van der Waals surface area contributed by atoms with Gasteiger partial charge in [0.2, 0.25) is 0 Å². The van der Waals surface area contributed by atoms with Gasteiger partial charge in [-0.2, -0.15) is 0 Å². The van der Waals surface area contributed by atoms with Crippen molar-refractivity contribution in [2.75, 3.05) is 20.2 Å². The molecule has 0 aliphatic heterocycles. The first-order chi connectivity index (χ1) is 9.76. The molecule has 0 aromatic heterocycles. The van der Waals surface area contributed by atoms with Gasteiger partial charge in [0.15, 0.2) is 0 Å². The molecule has 1 aliphatic rings. The zero-order chi connectivity index (χ0) is 14.4. The second-order valence-electron chi connectivity index (χ2n) is 5.70. The van der Waals surface area contributed by atoms with Crippen LogP contribution in [-0.4, -0.2) is 20.2 Å². The zero-order valence-corrected chi connectivity index (χ0v) is 12.6. The third kappa shape index (κ3) is 3.72. The molecule has 2 atom stereocenters. The summed E-state index contributed by atoms with van der Waals surface area (Å²) in [5.41, 5.74) is 0.871. The number of methoxy groups -OCH3 is 1. The summed E-state index contributed by atoms with van der Waals surface area (Å²) in [6.45, 7) is 4.10. The van der Waals surface area contributed by atoms with Crippen molar-refractivity contribution in [2.24, 2.45) is 5.92 Å². The normalized spacial score (nSPS) is 23.4. The molecule has 1 saturated carbocycles. The van der Waals surface area contributed by atoms with Gasteiger partial charge in [-0.25, -0.2) is 4.39 Å². The molecule has 1 N–H and O–H groups in total. The third-order valence-corrected chi connectivity index (χ3v) is 4.42. The van der Waals surface area contributed by atoms with Crippen molar-refractivity contribution in [3.63, 3.8) is 0 Å². The van der Waals surface area contributed by atoms with Gasteiger partial charge < -0.3 is 10.1 Å². The number of benzene rings is 1. The lowest BCUT2D eigenvalue weighted by Crippen LogP contribution is -2.27. The van der Waals surface area contributed by atoms with Gasteiger partial charge in [0.1, 0.15) is 11.6 Å². The molecule has 0 radical (unpaired) electrons. The van der Waals surface area contributed by atoms with Crippen LogP contribution < -0.4 is 10.1 Å². The Bertz CT molecular complexity index is 421. The van der Waals surface area contributed by atoms with Crippen LogP contribution in [0.3, 0.4) is 0 Å². The standard InChI is InChI=1S/C17H26FNO/c1-3-19-12-13-7-5-4-6-8-15(13)16-10-9-14(20-2)11-17(16)18/h9-11,13,15,19H,3-8,12H2,1-2H3. The fraction of sp³-hybridized carbons (Fsp3) is 0.647. The Hall–Kier alpha value is -1.09. The molecule has 1 fully saturated rings. The van der Waals surface area contributed by atoms with Crippen molar-refractivity contribution >= 4 is 0 Å². The molecule has 2 rings (SSSR count). The zero-order valence-electron chi connectivity index (χ0n) is 12.6. The second-order valence-corrected chi connectivity index (χ2v) is 5.70. The minimum absolute atomic E-state index is 0.113. The lowest BCUT2D eigenvalue weighted by molar-refractivity contribution is 0.367. The van der Waals surface area contributed by atoms with Crippen LogP contribution in [0.25, 0.3) is 0 Å². The largest absolute Gasteiger partial charge is 0.497 e. The summed E-state index contributed by atoms with van der Waals surface area (Å²) in [4.78, 5) is 0. The molecule has 1 aromatic carbocycles. The van der Waals surface area contributed by atoms with E-state index in [2.05, 4.69) is 12.2 Å². The average Bonchev–Trinajstić information content (AvgIpc) is 2.70. The van der Waals surface area contributed by atoms with Gasteiger partial charge in [0.05, 0.1) is 7.11 Å². The van der Waals surface area contributed by atoms with Crippen LogP contribution in [0.2, 0.25) is 0 Å². The van der Waals surface area contributed by atoms with Crippen LogP contribution in [0.4, 0.5) is 4.39 Å². The van der Waals surface area contributed by atoms with Crippen molar-refractivity contribution in [2.45, 2.75) is 44.9 Å². The molecule has 2 nitrogen and oxygen atoms in total. The maximum absolute atomic E-state index is 14.3. The SMILES string of the molecule is CCNCC1CCCCCC1c1ccc(OC)cc1F. The highest BCUT2D eigenvalue weighted by molar-refractivity contribution is 5.31.